The molecule has 1 aromatic rings. The van der Waals surface area contributed by atoms with Gasteiger partial charge in [-0.15, -0.1) is 0 Å². The molecule has 2 unspecified atom stereocenters. The average Bonchev–Trinajstić information content (AvgIpc) is 2.29. The summed E-state index contributed by atoms with van der Waals surface area (Å²) in [5.41, 5.74) is 4.44. The molecule has 0 saturated heterocycles. The zero-order chi connectivity index (χ0) is 14.0. The molecule has 1 aromatic carbocycles. The van der Waals surface area contributed by atoms with Crippen LogP contribution in [0.15, 0.2) is 0 Å². The maximum atomic E-state index is 13.3. The third-order valence-electron chi connectivity index (χ3n) is 2.33. The molecule has 0 aliphatic rings. The molecule has 0 aromatic heterocycles. The van der Waals surface area contributed by atoms with Crippen molar-refractivity contribution in [2.24, 2.45) is 5.73 Å². The number of benzene rings is 1. The number of anilines is 1. The van der Waals surface area contributed by atoms with Crippen molar-refractivity contribution in [3.63, 3.8) is 0 Å². The lowest BCUT2D eigenvalue weighted by molar-refractivity contribution is 0.380. The summed E-state index contributed by atoms with van der Waals surface area (Å²) >= 11 is 0. The summed E-state index contributed by atoms with van der Waals surface area (Å²) in [4.78, 5) is 0. The first-order chi connectivity index (χ1) is 8.25. The zero-order valence-corrected chi connectivity index (χ0v) is 9.83. The lowest BCUT2D eigenvalue weighted by Gasteiger charge is -2.18. The first kappa shape index (κ1) is 14.7. The van der Waals surface area contributed by atoms with Crippen LogP contribution in [-0.2, 0) is 0 Å². The summed E-state index contributed by atoms with van der Waals surface area (Å²) in [5, 5.41) is 2.24. The van der Waals surface area contributed by atoms with Crippen molar-refractivity contribution in [3.8, 4) is 0 Å². The van der Waals surface area contributed by atoms with Crippen LogP contribution in [0.5, 0.6) is 0 Å². The van der Waals surface area contributed by atoms with Gasteiger partial charge in [-0.25, -0.2) is 22.0 Å². The predicted molar refractivity (Wildman–Crippen MR) is 57.6 cm³/mol. The maximum absolute atomic E-state index is 13.3. The van der Waals surface area contributed by atoms with Gasteiger partial charge in [0.1, 0.15) is 5.69 Å². The Kier molecular flexibility index (Phi) is 4.50. The second-order valence-electron chi connectivity index (χ2n) is 4.20. The molecule has 102 valence electrons. The highest BCUT2D eigenvalue weighted by molar-refractivity contribution is 5.48. The number of hydrogen-bond acceptors (Lipinski definition) is 2. The minimum absolute atomic E-state index is 0.270. The molecule has 0 spiro atoms. The Bertz CT molecular complexity index is 419. The molecule has 2 nitrogen and oxygen atoms in total. The van der Waals surface area contributed by atoms with E-state index in [0.29, 0.717) is 6.42 Å². The quantitative estimate of drug-likeness (QED) is 0.500. The van der Waals surface area contributed by atoms with Gasteiger partial charge in [0.15, 0.2) is 23.3 Å². The van der Waals surface area contributed by atoms with Crippen LogP contribution in [0.4, 0.5) is 27.6 Å². The van der Waals surface area contributed by atoms with Crippen LogP contribution in [-0.4, -0.2) is 12.1 Å². The van der Waals surface area contributed by atoms with Crippen LogP contribution in [0, 0.1) is 29.1 Å². The normalized spacial score (nSPS) is 14.4. The van der Waals surface area contributed by atoms with E-state index in [1.54, 1.807) is 6.92 Å². The number of rotatable bonds is 4. The van der Waals surface area contributed by atoms with E-state index in [1.807, 2.05) is 0 Å². The lowest BCUT2D eigenvalue weighted by Crippen LogP contribution is -2.27. The Morgan fingerprint density at radius 1 is 0.889 bits per heavy atom. The van der Waals surface area contributed by atoms with Crippen molar-refractivity contribution in [2.75, 3.05) is 5.32 Å². The largest absolute Gasteiger partial charge is 0.378 e. The van der Waals surface area contributed by atoms with E-state index >= 15 is 0 Å². The number of hydrogen-bond donors (Lipinski definition) is 2. The molecular weight excluding hydrogens is 255 g/mol. The minimum Gasteiger partial charge on any atom is -0.378 e. The van der Waals surface area contributed by atoms with Gasteiger partial charge in [-0.1, -0.05) is 0 Å². The molecule has 2 atom stereocenters. The van der Waals surface area contributed by atoms with E-state index in [1.165, 1.54) is 6.92 Å². The smallest absolute Gasteiger partial charge is 0.200 e. The van der Waals surface area contributed by atoms with E-state index in [0.717, 1.165) is 0 Å². The summed E-state index contributed by atoms with van der Waals surface area (Å²) < 4.78 is 65.1. The molecule has 0 bridgehead atoms. The van der Waals surface area contributed by atoms with Crippen LogP contribution in [0.25, 0.3) is 0 Å². The number of halogens is 5. The van der Waals surface area contributed by atoms with Crippen LogP contribution in [0.3, 0.4) is 0 Å². The van der Waals surface area contributed by atoms with Crippen molar-refractivity contribution >= 4 is 5.69 Å². The second kappa shape index (κ2) is 5.51. The summed E-state index contributed by atoms with van der Waals surface area (Å²) in [7, 11) is 0. The fraction of sp³-hybridized carbons (Fsp3) is 0.455. The van der Waals surface area contributed by atoms with E-state index in [4.69, 9.17) is 5.73 Å². The van der Waals surface area contributed by atoms with Crippen molar-refractivity contribution in [1.29, 1.82) is 0 Å². The third-order valence-corrected chi connectivity index (χ3v) is 2.33. The SMILES string of the molecule is CC(N)CC(C)Nc1c(F)c(F)c(F)c(F)c1F. The summed E-state index contributed by atoms with van der Waals surface area (Å²) in [6.45, 7) is 3.19. The molecular formula is C11H13F5N2. The van der Waals surface area contributed by atoms with Crippen molar-refractivity contribution in [1.82, 2.24) is 0 Å². The van der Waals surface area contributed by atoms with Crippen LogP contribution < -0.4 is 11.1 Å². The zero-order valence-electron chi connectivity index (χ0n) is 9.83. The Morgan fingerprint density at radius 2 is 1.28 bits per heavy atom. The standard InChI is InChI=1S/C11H13F5N2/c1-4(17)3-5(2)18-11-9(15)7(13)6(12)8(14)10(11)16/h4-5,18H,3,17H2,1-2H3. The van der Waals surface area contributed by atoms with Gasteiger partial charge >= 0.3 is 0 Å². The third kappa shape index (κ3) is 2.90. The molecule has 0 aliphatic carbocycles. The molecule has 0 aliphatic heterocycles. The summed E-state index contributed by atoms with van der Waals surface area (Å²) in [6.07, 6.45) is 0.319. The highest BCUT2D eigenvalue weighted by Crippen LogP contribution is 2.27. The Labute approximate surface area is 101 Å². The molecule has 0 saturated carbocycles. The Morgan fingerprint density at radius 3 is 1.67 bits per heavy atom. The highest BCUT2D eigenvalue weighted by atomic mass is 19.2. The average molecular weight is 268 g/mol. The predicted octanol–water partition coefficient (Wildman–Crippen LogP) is 2.92. The second-order valence-corrected chi connectivity index (χ2v) is 4.20. The van der Waals surface area contributed by atoms with E-state index < -0.39 is 40.8 Å². The van der Waals surface area contributed by atoms with Gasteiger partial charge < -0.3 is 11.1 Å². The van der Waals surface area contributed by atoms with Crippen LogP contribution in [0.1, 0.15) is 20.3 Å². The molecule has 0 radical (unpaired) electrons. The molecule has 1 rings (SSSR count). The van der Waals surface area contributed by atoms with Crippen molar-refractivity contribution in [2.45, 2.75) is 32.4 Å². The molecule has 18 heavy (non-hydrogen) atoms. The highest BCUT2D eigenvalue weighted by Gasteiger charge is 2.26. The lowest BCUT2D eigenvalue weighted by atomic mass is 10.1. The topological polar surface area (TPSA) is 38.0 Å². The minimum atomic E-state index is -2.17. The van der Waals surface area contributed by atoms with E-state index in [9.17, 15) is 22.0 Å². The first-order valence-corrected chi connectivity index (χ1v) is 5.29. The monoisotopic (exact) mass is 268 g/mol. The van der Waals surface area contributed by atoms with E-state index in [2.05, 4.69) is 5.32 Å². The van der Waals surface area contributed by atoms with Gasteiger partial charge in [0.25, 0.3) is 0 Å². The maximum Gasteiger partial charge on any atom is 0.200 e. The molecule has 0 fully saturated rings. The van der Waals surface area contributed by atoms with Crippen LogP contribution in [0.2, 0.25) is 0 Å². The molecule has 7 heteroatoms. The first-order valence-electron chi connectivity index (χ1n) is 5.29. The van der Waals surface area contributed by atoms with Crippen molar-refractivity contribution in [3.05, 3.63) is 29.1 Å². The van der Waals surface area contributed by atoms with Crippen LogP contribution >= 0.6 is 0 Å². The van der Waals surface area contributed by atoms with Gasteiger partial charge in [-0.3, -0.25) is 0 Å². The van der Waals surface area contributed by atoms with Gasteiger partial charge in [-0.05, 0) is 20.3 Å². The fourth-order valence-electron chi connectivity index (χ4n) is 1.59. The Balaban J connectivity index is 3.10. The molecule has 3 N–H and O–H groups in total. The Hall–Kier alpha value is -1.37. The molecule has 0 heterocycles. The summed E-state index contributed by atoms with van der Waals surface area (Å²) in [5.74, 6) is -9.85. The van der Waals surface area contributed by atoms with E-state index in [-0.39, 0.29) is 6.04 Å². The van der Waals surface area contributed by atoms with Gasteiger partial charge in [0.05, 0.1) is 0 Å². The van der Waals surface area contributed by atoms with Gasteiger partial charge in [0, 0.05) is 12.1 Å². The van der Waals surface area contributed by atoms with Gasteiger partial charge in [-0.2, -0.15) is 0 Å². The number of nitrogens with two attached hydrogens (primary N) is 1. The number of nitrogens with one attached hydrogen (secondary N) is 1. The molecule has 0 amide bonds. The fourth-order valence-corrected chi connectivity index (χ4v) is 1.59. The van der Waals surface area contributed by atoms with Crippen molar-refractivity contribution < 1.29 is 22.0 Å². The van der Waals surface area contributed by atoms with Gasteiger partial charge in [0.2, 0.25) is 5.82 Å². The summed E-state index contributed by atoms with van der Waals surface area (Å²) in [6, 6.07) is -0.799.